The Morgan fingerprint density at radius 2 is 2.06 bits per heavy atom. The van der Waals surface area contributed by atoms with Gasteiger partial charge in [0.1, 0.15) is 0 Å². The van der Waals surface area contributed by atoms with E-state index in [0.29, 0.717) is 18.5 Å². The predicted molar refractivity (Wildman–Crippen MR) is 73.7 cm³/mol. The second kappa shape index (κ2) is 7.28. The molecule has 2 N–H and O–H groups in total. The van der Waals surface area contributed by atoms with E-state index in [1.165, 1.54) is 0 Å². The van der Waals surface area contributed by atoms with Gasteiger partial charge in [-0.1, -0.05) is 13.8 Å². The average Bonchev–Trinajstić information content (AvgIpc) is 2.34. The highest BCUT2D eigenvalue weighted by molar-refractivity contribution is 5.29. The largest absolute Gasteiger partial charge is 0.380 e. The lowest BCUT2D eigenvalue weighted by atomic mass is 10.2. The third-order valence-corrected chi connectivity index (χ3v) is 2.73. The molecule has 5 heteroatoms. The number of rotatable bonds is 7. The Morgan fingerprint density at radius 3 is 2.61 bits per heavy atom. The Labute approximate surface area is 109 Å². The number of ether oxygens (including phenoxy) is 1. The summed E-state index contributed by atoms with van der Waals surface area (Å²) in [6, 6.07) is 0.463. The number of aromatic nitrogens is 2. The van der Waals surface area contributed by atoms with Crippen LogP contribution in [0.1, 0.15) is 32.0 Å². The summed E-state index contributed by atoms with van der Waals surface area (Å²) in [4.78, 5) is 8.75. The standard InChI is InChI=1S/C13H24N4O/c1-9(2)14-7-12-8-16-13(17-11(12)4)15-6-10(3)18-5/h8-10,14H,6-7H2,1-5H3,(H,15,16,17). The topological polar surface area (TPSA) is 59.1 Å². The molecule has 1 atom stereocenters. The molecule has 0 bridgehead atoms. The van der Waals surface area contributed by atoms with E-state index in [0.717, 1.165) is 17.8 Å². The van der Waals surface area contributed by atoms with Gasteiger partial charge in [-0.05, 0) is 13.8 Å². The monoisotopic (exact) mass is 252 g/mol. The Balaban J connectivity index is 2.56. The van der Waals surface area contributed by atoms with Crippen LogP contribution in [-0.4, -0.2) is 35.8 Å². The fourth-order valence-electron chi connectivity index (χ4n) is 1.38. The molecule has 102 valence electrons. The van der Waals surface area contributed by atoms with Crippen molar-refractivity contribution in [1.29, 1.82) is 0 Å². The lowest BCUT2D eigenvalue weighted by Gasteiger charge is -2.13. The zero-order valence-electron chi connectivity index (χ0n) is 11.9. The first-order valence-corrected chi connectivity index (χ1v) is 6.35. The number of hydrogen-bond donors (Lipinski definition) is 2. The van der Waals surface area contributed by atoms with Crippen LogP contribution >= 0.6 is 0 Å². The molecule has 0 spiro atoms. The predicted octanol–water partition coefficient (Wildman–Crippen LogP) is 1.73. The van der Waals surface area contributed by atoms with Crippen LogP contribution in [0, 0.1) is 6.92 Å². The lowest BCUT2D eigenvalue weighted by molar-refractivity contribution is 0.128. The van der Waals surface area contributed by atoms with Gasteiger partial charge in [-0.3, -0.25) is 0 Å². The van der Waals surface area contributed by atoms with E-state index in [9.17, 15) is 0 Å². The second-order valence-corrected chi connectivity index (χ2v) is 4.77. The van der Waals surface area contributed by atoms with E-state index in [-0.39, 0.29) is 6.10 Å². The summed E-state index contributed by atoms with van der Waals surface area (Å²) in [5, 5.41) is 6.52. The van der Waals surface area contributed by atoms with E-state index >= 15 is 0 Å². The van der Waals surface area contributed by atoms with Crippen molar-refractivity contribution in [1.82, 2.24) is 15.3 Å². The van der Waals surface area contributed by atoms with E-state index in [4.69, 9.17) is 4.74 Å². The minimum Gasteiger partial charge on any atom is -0.380 e. The van der Waals surface area contributed by atoms with E-state index in [1.54, 1.807) is 7.11 Å². The summed E-state index contributed by atoms with van der Waals surface area (Å²) in [6.45, 7) is 9.76. The summed E-state index contributed by atoms with van der Waals surface area (Å²) >= 11 is 0. The normalized spacial score (nSPS) is 12.8. The summed E-state index contributed by atoms with van der Waals surface area (Å²) in [7, 11) is 1.69. The van der Waals surface area contributed by atoms with Crippen LogP contribution in [0.25, 0.3) is 0 Å². The van der Waals surface area contributed by atoms with Gasteiger partial charge in [0.05, 0.1) is 6.10 Å². The quantitative estimate of drug-likeness (QED) is 0.774. The van der Waals surface area contributed by atoms with Crippen molar-refractivity contribution < 1.29 is 4.74 Å². The summed E-state index contributed by atoms with van der Waals surface area (Å²) in [5.74, 6) is 0.657. The maximum Gasteiger partial charge on any atom is 0.222 e. The van der Waals surface area contributed by atoms with Crippen molar-refractivity contribution in [3.05, 3.63) is 17.5 Å². The van der Waals surface area contributed by atoms with Crippen LogP contribution in [0.4, 0.5) is 5.95 Å². The Hall–Kier alpha value is -1.20. The Morgan fingerprint density at radius 1 is 1.33 bits per heavy atom. The third kappa shape index (κ3) is 4.98. The first-order chi connectivity index (χ1) is 8.52. The van der Waals surface area contributed by atoms with Crippen LogP contribution in [0.15, 0.2) is 6.20 Å². The number of nitrogens with zero attached hydrogens (tertiary/aromatic N) is 2. The maximum absolute atomic E-state index is 5.16. The lowest BCUT2D eigenvalue weighted by Crippen LogP contribution is -2.23. The van der Waals surface area contributed by atoms with E-state index < -0.39 is 0 Å². The van der Waals surface area contributed by atoms with Crippen LogP contribution in [-0.2, 0) is 11.3 Å². The molecule has 0 aromatic carbocycles. The fourth-order valence-corrected chi connectivity index (χ4v) is 1.38. The molecule has 1 aromatic heterocycles. The molecule has 5 nitrogen and oxygen atoms in total. The molecule has 1 rings (SSSR count). The molecule has 1 unspecified atom stereocenters. The molecular formula is C13H24N4O. The number of methoxy groups -OCH3 is 1. The first-order valence-electron chi connectivity index (χ1n) is 6.35. The molecule has 0 radical (unpaired) electrons. The van der Waals surface area contributed by atoms with E-state index in [1.807, 2.05) is 20.0 Å². The molecule has 1 aromatic rings. The Kier molecular flexibility index (Phi) is 6.01. The molecule has 0 saturated heterocycles. The molecule has 0 saturated carbocycles. The first kappa shape index (κ1) is 14.9. The molecule has 0 amide bonds. The zero-order valence-corrected chi connectivity index (χ0v) is 11.9. The van der Waals surface area contributed by atoms with E-state index in [2.05, 4.69) is 34.4 Å². The third-order valence-electron chi connectivity index (χ3n) is 2.73. The van der Waals surface area contributed by atoms with Crippen LogP contribution in [0.3, 0.4) is 0 Å². The molecule has 0 fully saturated rings. The molecular weight excluding hydrogens is 228 g/mol. The number of hydrogen-bond acceptors (Lipinski definition) is 5. The van der Waals surface area contributed by atoms with Crippen LogP contribution in [0.5, 0.6) is 0 Å². The number of aryl methyl sites for hydroxylation is 1. The maximum atomic E-state index is 5.16. The van der Waals surface area contributed by atoms with Gasteiger partial charge in [-0.15, -0.1) is 0 Å². The molecule has 0 aliphatic heterocycles. The summed E-state index contributed by atoms with van der Waals surface area (Å²) < 4.78 is 5.16. The SMILES string of the molecule is COC(C)CNc1ncc(CNC(C)C)c(C)n1. The summed E-state index contributed by atoms with van der Waals surface area (Å²) in [6.07, 6.45) is 2.02. The molecule has 0 aliphatic carbocycles. The molecule has 0 aliphatic rings. The van der Waals surface area contributed by atoms with Crippen LogP contribution < -0.4 is 10.6 Å². The minimum atomic E-state index is 0.149. The van der Waals surface area contributed by atoms with Crippen molar-refractivity contribution in [2.24, 2.45) is 0 Å². The van der Waals surface area contributed by atoms with Gasteiger partial charge in [-0.2, -0.15) is 0 Å². The average molecular weight is 252 g/mol. The van der Waals surface area contributed by atoms with Crippen molar-refractivity contribution in [3.63, 3.8) is 0 Å². The van der Waals surface area contributed by atoms with Crippen molar-refractivity contribution in [2.75, 3.05) is 19.0 Å². The number of anilines is 1. The highest BCUT2D eigenvalue weighted by atomic mass is 16.5. The highest BCUT2D eigenvalue weighted by Gasteiger charge is 2.05. The van der Waals surface area contributed by atoms with Gasteiger partial charge >= 0.3 is 0 Å². The van der Waals surface area contributed by atoms with Gasteiger partial charge in [0.25, 0.3) is 0 Å². The van der Waals surface area contributed by atoms with Crippen molar-refractivity contribution >= 4 is 5.95 Å². The molecule has 1 heterocycles. The second-order valence-electron chi connectivity index (χ2n) is 4.77. The highest BCUT2D eigenvalue weighted by Crippen LogP contribution is 2.07. The Bertz CT molecular complexity index is 368. The zero-order chi connectivity index (χ0) is 13.5. The van der Waals surface area contributed by atoms with Gasteiger partial charge in [0, 0.05) is 43.7 Å². The van der Waals surface area contributed by atoms with Crippen molar-refractivity contribution in [2.45, 2.75) is 46.4 Å². The smallest absolute Gasteiger partial charge is 0.222 e. The summed E-state index contributed by atoms with van der Waals surface area (Å²) in [5.41, 5.74) is 2.14. The number of nitrogens with one attached hydrogen (secondary N) is 2. The van der Waals surface area contributed by atoms with Crippen LogP contribution in [0.2, 0.25) is 0 Å². The fraction of sp³-hybridized carbons (Fsp3) is 0.692. The van der Waals surface area contributed by atoms with Crippen molar-refractivity contribution in [3.8, 4) is 0 Å². The minimum absolute atomic E-state index is 0.149. The van der Waals surface area contributed by atoms with Gasteiger partial charge in [-0.25, -0.2) is 9.97 Å². The molecule has 18 heavy (non-hydrogen) atoms. The van der Waals surface area contributed by atoms with Gasteiger partial charge in [0.15, 0.2) is 0 Å². The van der Waals surface area contributed by atoms with Gasteiger partial charge < -0.3 is 15.4 Å². The van der Waals surface area contributed by atoms with Gasteiger partial charge in [0.2, 0.25) is 5.95 Å².